The SMILES string of the molecule is N/N=C(\N=C(\c1ccccc1)c1cc2ccccc2c2c1CCC=C2)c1cccc2oc3cccc(-c4ccccc4)c3c12. The average molecular weight is 568 g/mol. The van der Waals surface area contributed by atoms with Crippen LogP contribution in [0.25, 0.3) is 49.9 Å². The highest BCUT2D eigenvalue weighted by molar-refractivity contribution is 6.26. The van der Waals surface area contributed by atoms with Gasteiger partial charge < -0.3 is 10.3 Å². The Morgan fingerprint density at radius 3 is 2.23 bits per heavy atom. The summed E-state index contributed by atoms with van der Waals surface area (Å²) < 4.78 is 6.39. The molecule has 2 N–H and O–H groups in total. The number of fused-ring (bicyclic) bond motifs is 6. The quantitative estimate of drug-likeness (QED) is 0.0996. The summed E-state index contributed by atoms with van der Waals surface area (Å²) >= 11 is 0. The molecule has 0 fully saturated rings. The van der Waals surface area contributed by atoms with Crippen LogP contribution >= 0.6 is 0 Å². The standard InChI is InChI=1S/C40H29N3O/c41-43-40(33-22-12-24-36-38(33)37-30(21-11-23-35(37)44-36)26-13-3-1-4-14-26)42-39(27-15-5-2-6-16-27)34-25-28-17-7-8-18-29(28)31-19-9-10-20-32(31)34/h1-9,11-19,21-25H,10,20,41H2/b42-39-,43-40-. The third-order valence-electron chi connectivity index (χ3n) is 8.54. The molecular weight excluding hydrogens is 538 g/mol. The van der Waals surface area contributed by atoms with Crippen molar-refractivity contribution in [1.82, 2.24) is 0 Å². The molecule has 0 saturated carbocycles. The van der Waals surface area contributed by atoms with Gasteiger partial charge >= 0.3 is 0 Å². The van der Waals surface area contributed by atoms with E-state index in [0.717, 1.165) is 68.3 Å². The maximum absolute atomic E-state index is 6.39. The lowest BCUT2D eigenvalue weighted by molar-refractivity contribution is 0.669. The van der Waals surface area contributed by atoms with E-state index >= 15 is 0 Å². The van der Waals surface area contributed by atoms with Gasteiger partial charge in [0.1, 0.15) is 11.2 Å². The predicted octanol–water partition coefficient (Wildman–Crippen LogP) is 9.52. The number of rotatable bonds is 4. The van der Waals surface area contributed by atoms with Crippen LogP contribution in [0.3, 0.4) is 0 Å². The Morgan fingerprint density at radius 1 is 0.682 bits per heavy atom. The number of hydrogen-bond acceptors (Lipinski definition) is 3. The molecular formula is C40H29N3O. The maximum atomic E-state index is 6.39. The van der Waals surface area contributed by atoms with Crippen molar-refractivity contribution in [1.29, 1.82) is 0 Å². The molecule has 44 heavy (non-hydrogen) atoms. The molecule has 1 aliphatic rings. The summed E-state index contributed by atoms with van der Waals surface area (Å²) in [4.78, 5) is 5.34. The van der Waals surface area contributed by atoms with E-state index in [1.165, 1.54) is 21.9 Å². The molecule has 4 nitrogen and oxygen atoms in total. The van der Waals surface area contributed by atoms with Crippen LogP contribution in [0.4, 0.5) is 0 Å². The molecule has 0 radical (unpaired) electrons. The Labute approximate surface area is 255 Å². The summed E-state index contributed by atoms with van der Waals surface area (Å²) in [6, 6.07) is 43.8. The van der Waals surface area contributed by atoms with Crippen LogP contribution in [-0.2, 0) is 6.42 Å². The first-order valence-corrected chi connectivity index (χ1v) is 14.9. The fraction of sp³-hybridized carbons (Fsp3) is 0.0500. The van der Waals surface area contributed by atoms with E-state index in [9.17, 15) is 0 Å². The molecule has 210 valence electrons. The van der Waals surface area contributed by atoms with Crippen LogP contribution < -0.4 is 5.84 Å². The smallest absolute Gasteiger partial charge is 0.180 e. The normalized spacial score (nSPS) is 13.5. The van der Waals surface area contributed by atoms with Gasteiger partial charge in [0.25, 0.3) is 0 Å². The minimum absolute atomic E-state index is 0.452. The van der Waals surface area contributed by atoms with Gasteiger partial charge in [-0.05, 0) is 64.1 Å². The van der Waals surface area contributed by atoms with E-state index in [4.69, 9.17) is 15.3 Å². The first kappa shape index (κ1) is 25.9. The molecule has 0 saturated heterocycles. The minimum Gasteiger partial charge on any atom is -0.456 e. The molecule has 8 rings (SSSR count). The van der Waals surface area contributed by atoms with Crippen LogP contribution in [0.1, 0.15) is 34.2 Å². The first-order valence-electron chi connectivity index (χ1n) is 14.9. The molecule has 4 heteroatoms. The highest BCUT2D eigenvalue weighted by atomic mass is 16.3. The molecule has 0 aliphatic heterocycles. The summed E-state index contributed by atoms with van der Waals surface area (Å²) in [7, 11) is 0. The summed E-state index contributed by atoms with van der Waals surface area (Å²) in [5.74, 6) is 6.68. The molecule has 1 aliphatic carbocycles. The molecule has 1 aromatic heterocycles. The van der Waals surface area contributed by atoms with Gasteiger partial charge in [0.15, 0.2) is 5.84 Å². The zero-order chi connectivity index (χ0) is 29.5. The lowest BCUT2D eigenvalue weighted by atomic mass is 9.85. The van der Waals surface area contributed by atoms with E-state index in [1.807, 2.05) is 54.6 Å². The first-order chi connectivity index (χ1) is 21.8. The van der Waals surface area contributed by atoms with Gasteiger partial charge in [-0.15, -0.1) is 0 Å². The molecule has 0 unspecified atom stereocenters. The molecule has 7 aromatic rings. The molecule has 0 spiro atoms. The second kappa shape index (κ2) is 10.8. The monoisotopic (exact) mass is 567 g/mol. The van der Waals surface area contributed by atoms with E-state index in [-0.39, 0.29) is 0 Å². The molecule has 1 heterocycles. The van der Waals surface area contributed by atoms with Crippen molar-refractivity contribution in [2.24, 2.45) is 15.9 Å². The molecule has 0 bridgehead atoms. The Kier molecular flexibility index (Phi) is 6.38. The number of aliphatic imine (C=N–C) groups is 1. The number of benzene rings is 6. The van der Waals surface area contributed by atoms with Crippen molar-refractivity contribution < 1.29 is 4.42 Å². The number of furan rings is 1. The largest absolute Gasteiger partial charge is 0.456 e. The summed E-state index contributed by atoms with van der Waals surface area (Å²) in [6.45, 7) is 0. The average Bonchev–Trinajstić information content (AvgIpc) is 3.49. The van der Waals surface area contributed by atoms with Gasteiger partial charge in [0.05, 0.1) is 5.71 Å². The summed E-state index contributed by atoms with van der Waals surface area (Å²) in [5, 5.41) is 8.74. The van der Waals surface area contributed by atoms with Crippen LogP contribution in [-0.4, -0.2) is 11.5 Å². The van der Waals surface area contributed by atoms with E-state index in [2.05, 4.69) is 90.0 Å². The Hall–Kier alpha value is -5.74. The topological polar surface area (TPSA) is 63.9 Å². The minimum atomic E-state index is 0.452. The second-order valence-corrected chi connectivity index (χ2v) is 11.1. The van der Waals surface area contributed by atoms with Crippen molar-refractivity contribution in [2.45, 2.75) is 12.8 Å². The van der Waals surface area contributed by atoms with Crippen molar-refractivity contribution in [3.8, 4) is 11.1 Å². The van der Waals surface area contributed by atoms with E-state index in [1.54, 1.807) is 0 Å². The highest BCUT2D eigenvalue weighted by Gasteiger charge is 2.22. The molecule has 0 atom stereocenters. The highest BCUT2D eigenvalue weighted by Crippen LogP contribution is 2.39. The Balaban J connectivity index is 1.41. The maximum Gasteiger partial charge on any atom is 0.180 e. The lowest BCUT2D eigenvalue weighted by Crippen LogP contribution is -2.14. The third kappa shape index (κ3) is 4.31. The van der Waals surface area contributed by atoms with Crippen LogP contribution in [0.5, 0.6) is 0 Å². The van der Waals surface area contributed by atoms with Crippen LogP contribution in [0.2, 0.25) is 0 Å². The van der Waals surface area contributed by atoms with Crippen molar-refractivity contribution in [3.05, 3.63) is 161 Å². The number of allylic oxidation sites excluding steroid dienone is 1. The van der Waals surface area contributed by atoms with E-state index in [0.29, 0.717) is 5.84 Å². The fourth-order valence-electron chi connectivity index (χ4n) is 6.57. The van der Waals surface area contributed by atoms with Gasteiger partial charge in [-0.25, -0.2) is 4.99 Å². The van der Waals surface area contributed by atoms with Crippen LogP contribution in [0.15, 0.2) is 148 Å². The Bertz CT molecular complexity index is 2280. The zero-order valence-electron chi connectivity index (χ0n) is 24.1. The summed E-state index contributed by atoms with van der Waals surface area (Å²) in [5.41, 5.74) is 10.1. The second-order valence-electron chi connectivity index (χ2n) is 11.1. The fourth-order valence-corrected chi connectivity index (χ4v) is 6.57. The van der Waals surface area contributed by atoms with Crippen molar-refractivity contribution >= 4 is 50.3 Å². The van der Waals surface area contributed by atoms with Gasteiger partial charge in [-0.2, -0.15) is 5.10 Å². The number of nitrogens with two attached hydrogens (primary N) is 1. The molecule has 0 amide bonds. The van der Waals surface area contributed by atoms with Gasteiger partial charge in [0, 0.05) is 27.5 Å². The van der Waals surface area contributed by atoms with Gasteiger partial charge in [-0.3, -0.25) is 0 Å². The zero-order valence-corrected chi connectivity index (χ0v) is 24.1. The number of amidine groups is 1. The lowest BCUT2D eigenvalue weighted by Gasteiger charge is -2.20. The van der Waals surface area contributed by atoms with Gasteiger partial charge in [-0.1, -0.05) is 121 Å². The van der Waals surface area contributed by atoms with Crippen LogP contribution in [0, 0.1) is 0 Å². The van der Waals surface area contributed by atoms with Crippen molar-refractivity contribution in [3.63, 3.8) is 0 Å². The van der Waals surface area contributed by atoms with Crippen molar-refractivity contribution in [2.75, 3.05) is 0 Å². The third-order valence-corrected chi connectivity index (χ3v) is 8.54. The van der Waals surface area contributed by atoms with Gasteiger partial charge in [0.2, 0.25) is 0 Å². The number of hydrogen-bond donors (Lipinski definition) is 1. The predicted molar refractivity (Wildman–Crippen MR) is 183 cm³/mol. The summed E-state index contributed by atoms with van der Waals surface area (Å²) in [6.07, 6.45) is 6.45. The van der Waals surface area contributed by atoms with E-state index < -0.39 is 0 Å². The number of nitrogens with zero attached hydrogens (tertiary/aromatic N) is 2. The molecule has 6 aromatic carbocycles. The Morgan fingerprint density at radius 2 is 1.41 bits per heavy atom. The number of hydrazone groups is 1.